The van der Waals surface area contributed by atoms with Gasteiger partial charge in [-0.1, -0.05) is 12.1 Å². The normalized spacial score (nSPS) is 24.5. The second kappa shape index (κ2) is 7.93. The van der Waals surface area contributed by atoms with Crippen LogP contribution in [0, 0.1) is 68.3 Å². The summed E-state index contributed by atoms with van der Waals surface area (Å²) in [6, 6.07) is 8.72. The quantitative estimate of drug-likeness (QED) is 0.751. The Kier molecular flexibility index (Phi) is 5.54. The summed E-state index contributed by atoms with van der Waals surface area (Å²) in [5, 5.41) is 38.0. The third-order valence-corrected chi connectivity index (χ3v) is 5.62. The Bertz CT molecular complexity index is 1050. The smallest absolute Gasteiger partial charge is 0.410 e. The Morgan fingerprint density at radius 1 is 1.30 bits per heavy atom. The molecule has 1 amide bonds. The molecule has 0 bridgehead atoms. The van der Waals surface area contributed by atoms with Crippen molar-refractivity contribution < 1.29 is 18.3 Å². The summed E-state index contributed by atoms with van der Waals surface area (Å²) in [5.74, 6) is -5.18. The van der Waals surface area contributed by atoms with E-state index in [2.05, 4.69) is 0 Å². The lowest BCUT2D eigenvalue weighted by atomic mass is 9.54. The molecule has 3 atom stereocenters. The summed E-state index contributed by atoms with van der Waals surface area (Å²) in [6.45, 7) is 1.93. The largest absolute Gasteiger partial charge is 0.450 e. The summed E-state index contributed by atoms with van der Waals surface area (Å²) in [4.78, 5) is 13.6. The zero-order valence-electron chi connectivity index (χ0n) is 16.0. The van der Waals surface area contributed by atoms with Gasteiger partial charge in [0.05, 0.1) is 30.5 Å². The lowest BCUT2D eigenvalue weighted by Gasteiger charge is -2.47. The molecule has 1 aromatic carbocycles. The molecule has 0 aromatic heterocycles. The molecule has 0 radical (unpaired) electrons. The topological polar surface area (TPSA) is 125 Å². The third kappa shape index (κ3) is 3.07. The molecule has 9 heteroatoms. The Morgan fingerprint density at radius 3 is 2.57 bits per heavy atom. The van der Waals surface area contributed by atoms with Crippen molar-refractivity contribution in [2.75, 3.05) is 19.7 Å². The summed E-state index contributed by atoms with van der Waals surface area (Å²) in [5.41, 5.74) is -1.86. The highest BCUT2D eigenvalue weighted by Crippen LogP contribution is 2.53. The highest BCUT2D eigenvalue weighted by molar-refractivity contribution is 6.00. The van der Waals surface area contributed by atoms with Crippen LogP contribution in [0.25, 0.3) is 0 Å². The summed E-state index contributed by atoms with van der Waals surface area (Å²) >= 11 is 0. The van der Waals surface area contributed by atoms with Crippen molar-refractivity contribution in [3.05, 3.63) is 47.0 Å². The first-order valence-electron chi connectivity index (χ1n) is 9.22. The van der Waals surface area contributed by atoms with Crippen LogP contribution in [-0.4, -0.2) is 36.4 Å². The van der Waals surface area contributed by atoms with Gasteiger partial charge in [-0.15, -0.1) is 0 Å². The van der Waals surface area contributed by atoms with E-state index in [0.29, 0.717) is 5.57 Å². The van der Waals surface area contributed by atoms with E-state index in [1.54, 1.807) is 13.0 Å². The molecule has 0 saturated heterocycles. The molecule has 1 unspecified atom stereocenters. The average Bonchev–Trinajstić information content (AvgIpc) is 2.75. The van der Waals surface area contributed by atoms with Crippen LogP contribution < -0.4 is 0 Å². The zero-order chi connectivity index (χ0) is 22.1. The fraction of sp³-hybridized carbons (Fsp3) is 0.381. The van der Waals surface area contributed by atoms with Crippen molar-refractivity contribution in [3.8, 4) is 18.2 Å². The number of carbonyl (C=O) groups is 1. The Morgan fingerprint density at radius 2 is 2.00 bits per heavy atom. The predicted octanol–water partition coefficient (Wildman–Crippen LogP) is 3.27. The molecular weight excluding hydrogens is 392 g/mol. The van der Waals surface area contributed by atoms with Gasteiger partial charge in [-0.05, 0) is 30.2 Å². The number of benzene rings is 1. The highest BCUT2D eigenvalue weighted by Gasteiger charge is 2.58. The number of nitrogens with one attached hydrogen (secondary N) is 1. The first-order chi connectivity index (χ1) is 14.3. The highest BCUT2D eigenvalue weighted by atomic mass is 19.2. The molecule has 30 heavy (non-hydrogen) atoms. The lowest BCUT2D eigenvalue weighted by molar-refractivity contribution is 0.0992. The van der Waals surface area contributed by atoms with E-state index in [-0.39, 0.29) is 25.3 Å². The molecule has 1 aliphatic carbocycles. The van der Waals surface area contributed by atoms with E-state index in [9.17, 15) is 29.4 Å². The molecule has 7 nitrogen and oxygen atoms in total. The standard InChI is InChI=1S/C21H17F2N5O2/c1-2-30-20(29)28-6-5-13-14(8-24)19(27)21(10-25,11-26)18(15(13)9-28)12-3-4-16(22)17(23)7-12/h3-5,7,14-15,18,27H,2,6,9H2,1H3/t14?,15-,18+/m0/s1. The molecule has 1 saturated carbocycles. The van der Waals surface area contributed by atoms with Crippen LogP contribution in [0.1, 0.15) is 18.4 Å². The SMILES string of the molecule is CCOC(=O)N1CC=C2C(C#N)C(=N)C(C#N)(C#N)[C@H](c3ccc(F)c(F)c3)[C@H]2C1. The number of rotatable bonds is 2. The van der Waals surface area contributed by atoms with Crippen molar-refractivity contribution in [1.82, 2.24) is 4.90 Å². The summed E-state index contributed by atoms with van der Waals surface area (Å²) in [7, 11) is 0. The Labute approximate surface area is 171 Å². The van der Waals surface area contributed by atoms with Crippen LogP contribution in [0.4, 0.5) is 13.6 Å². The molecule has 2 aliphatic rings. The number of nitrogens with zero attached hydrogens (tertiary/aromatic N) is 4. The van der Waals surface area contributed by atoms with Crippen molar-refractivity contribution in [2.24, 2.45) is 17.3 Å². The number of nitriles is 3. The van der Waals surface area contributed by atoms with Gasteiger partial charge in [0, 0.05) is 24.9 Å². The minimum Gasteiger partial charge on any atom is -0.450 e. The van der Waals surface area contributed by atoms with E-state index >= 15 is 0 Å². The fourth-order valence-electron chi connectivity index (χ4n) is 4.25. The number of hydrogen-bond donors (Lipinski definition) is 1. The van der Waals surface area contributed by atoms with Gasteiger partial charge in [-0.25, -0.2) is 13.6 Å². The number of amides is 1. The molecule has 152 valence electrons. The number of carbonyl (C=O) groups excluding carboxylic acids is 1. The third-order valence-electron chi connectivity index (χ3n) is 5.62. The molecule has 3 rings (SSSR count). The van der Waals surface area contributed by atoms with Gasteiger partial charge in [0.2, 0.25) is 0 Å². The summed E-state index contributed by atoms with van der Waals surface area (Å²) < 4.78 is 32.6. The van der Waals surface area contributed by atoms with Crippen LogP contribution in [0.15, 0.2) is 29.8 Å². The molecule has 1 aromatic rings. The monoisotopic (exact) mass is 409 g/mol. The number of ether oxygens (including phenoxy) is 1. The van der Waals surface area contributed by atoms with Crippen molar-refractivity contribution in [1.29, 1.82) is 21.2 Å². The first-order valence-corrected chi connectivity index (χ1v) is 9.22. The Hall–Kier alpha value is -3.77. The van der Waals surface area contributed by atoms with Gasteiger partial charge < -0.3 is 15.0 Å². The summed E-state index contributed by atoms with van der Waals surface area (Å²) in [6.07, 6.45) is 1.00. The van der Waals surface area contributed by atoms with Crippen LogP contribution in [0.5, 0.6) is 0 Å². The molecular formula is C21H17F2N5O2. The van der Waals surface area contributed by atoms with E-state index in [4.69, 9.17) is 10.1 Å². The van der Waals surface area contributed by atoms with Crippen LogP contribution in [-0.2, 0) is 4.74 Å². The maximum Gasteiger partial charge on any atom is 0.410 e. The number of hydrogen-bond acceptors (Lipinski definition) is 6. The molecule has 1 heterocycles. The van der Waals surface area contributed by atoms with E-state index in [0.717, 1.165) is 12.1 Å². The maximum absolute atomic E-state index is 14.0. The van der Waals surface area contributed by atoms with Gasteiger partial charge in [0.1, 0.15) is 5.92 Å². The van der Waals surface area contributed by atoms with Gasteiger partial charge in [-0.3, -0.25) is 0 Å². The fourth-order valence-corrected chi connectivity index (χ4v) is 4.25. The van der Waals surface area contributed by atoms with Gasteiger partial charge >= 0.3 is 6.09 Å². The van der Waals surface area contributed by atoms with E-state index in [1.165, 1.54) is 11.0 Å². The number of halogens is 2. The van der Waals surface area contributed by atoms with Crippen LogP contribution in [0.2, 0.25) is 0 Å². The van der Waals surface area contributed by atoms with Crippen LogP contribution in [0.3, 0.4) is 0 Å². The van der Waals surface area contributed by atoms with Crippen molar-refractivity contribution >= 4 is 11.8 Å². The second-order valence-electron chi connectivity index (χ2n) is 7.07. The first kappa shape index (κ1) is 21.0. The maximum atomic E-state index is 14.0. The van der Waals surface area contributed by atoms with Crippen molar-refractivity contribution in [2.45, 2.75) is 12.8 Å². The van der Waals surface area contributed by atoms with Gasteiger partial charge in [0.15, 0.2) is 17.0 Å². The Balaban J connectivity index is 2.21. The van der Waals surface area contributed by atoms with Crippen LogP contribution >= 0.6 is 0 Å². The minimum atomic E-state index is -2.08. The molecule has 1 N–H and O–H groups in total. The minimum absolute atomic E-state index is 0.00486. The number of fused-ring (bicyclic) bond motifs is 1. The van der Waals surface area contributed by atoms with Crippen molar-refractivity contribution in [3.63, 3.8) is 0 Å². The van der Waals surface area contributed by atoms with Gasteiger partial charge in [0.25, 0.3) is 0 Å². The van der Waals surface area contributed by atoms with E-state index in [1.807, 2.05) is 18.2 Å². The predicted molar refractivity (Wildman–Crippen MR) is 99.8 cm³/mol. The zero-order valence-corrected chi connectivity index (χ0v) is 16.0. The van der Waals surface area contributed by atoms with E-state index < -0.39 is 46.6 Å². The average molecular weight is 409 g/mol. The molecule has 1 aliphatic heterocycles. The lowest BCUT2D eigenvalue weighted by Crippen LogP contribution is -2.53. The molecule has 0 spiro atoms. The van der Waals surface area contributed by atoms with Gasteiger partial charge in [-0.2, -0.15) is 15.8 Å². The molecule has 1 fully saturated rings. The second-order valence-corrected chi connectivity index (χ2v) is 7.07.